The van der Waals surface area contributed by atoms with Gasteiger partial charge in [0.05, 0.1) is 24.2 Å². The van der Waals surface area contributed by atoms with Gasteiger partial charge in [-0.25, -0.2) is 0 Å². The summed E-state index contributed by atoms with van der Waals surface area (Å²) in [5.74, 6) is 1.56. The summed E-state index contributed by atoms with van der Waals surface area (Å²) in [5.41, 5.74) is 14.2. The summed E-state index contributed by atoms with van der Waals surface area (Å²) in [5, 5.41) is 8.44. The first-order valence-electron chi connectivity index (χ1n) is 14.1. The van der Waals surface area contributed by atoms with E-state index in [1.54, 1.807) is 0 Å². The van der Waals surface area contributed by atoms with E-state index >= 15 is 0 Å². The van der Waals surface area contributed by atoms with Crippen molar-refractivity contribution in [3.63, 3.8) is 0 Å². The van der Waals surface area contributed by atoms with E-state index in [1.165, 1.54) is 5.56 Å². The molecule has 1 saturated heterocycles. The number of nitrogens with one attached hydrogen (secondary N) is 1. The predicted octanol–water partition coefficient (Wildman–Crippen LogP) is 5.84. The molecule has 0 spiro atoms. The maximum atomic E-state index is 13.4. The van der Waals surface area contributed by atoms with Gasteiger partial charge in [-0.05, 0) is 68.1 Å². The average molecular weight is 549 g/mol. The maximum Gasteiger partial charge on any atom is 0.225 e. The number of aryl methyl sites for hydroxylation is 4. The third-order valence-corrected chi connectivity index (χ3v) is 8.07. The third kappa shape index (κ3) is 5.43. The molecular formula is C34H36N4O3. The molecule has 0 saturated carbocycles. The van der Waals surface area contributed by atoms with Crippen LogP contribution in [0.3, 0.4) is 0 Å². The van der Waals surface area contributed by atoms with Gasteiger partial charge < -0.3 is 20.0 Å². The molecule has 6 rings (SSSR count). The Balaban J connectivity index is 1.26. The summed E-state index contributed by atoms with van der Waals surface area (Å²) < 4.78 is 11.9. The Labute approximate surface area is 240 Å². The van der Waals surface area contributed by atoms with Gasteiger partial charge >= 0.3 is 0 Å². The van der Waals surface area contributed by atoms with Crippen LogP contribution in [0.2, 0.25) is 0 Å². The number of carbonyl (C=O) groups excluding carboxylic acids is 1. The molecule has 41 heavy (non-hydrogen) atoms. The Morgan fingerprint density at radius 1 is 1.02 bits per heavy atom. The first kappa shape index (κ1) is 27.0. The molecule has 2 unspecified atom stereocenters. The van der Waals surface area contributed by atoms with Crippen LogP contribution in [0, 0.1) is 27.7 Å². The van der Waals surface area contributed by atoms with Gasteiger partial charge in [0.2, 0.25) is 5.91 Å². The van der Waals surface area contributed by atoms with Gasteiger partial charge in [-0.15, -0.1) is 0 Å². The van der Waals surface area contributed by atoms with Crippen LogP contribution in [-0.2, 0) is 11.2 Å². The number of likely N-dealkylation sites (tertiary alicyclic amines) is 1. The second-order valence-electron chi connectivity index (χ2n) is 11.3. The first-order chi connectivity index (χ1) is 19.8. The Bertz CT molecular complexity index is 1680. The zero-order valence-electron chi connectivity index (χ0n) is 24.0. The Morgan fingerprint density at radius 2 is 1.80 bits per heavy atom. The zero-order chi connectivity index (χ0) is 28.7. The van der Waals surface area contributed by atoms with Gasteiger partial charge in [0, 0.05) is 30.1 Å². The number of hydrogen-bond acceptors (Lipinski definition) is 6. The van der Waals surface area contributed by atoms with E-state index in [4.69, 9.17) is 14.7 Å². The number of nitrogens with zero attached hydrogens (tertiary/aromatic N) is 2. The molecule has 210 valence electrons. The molecular weight excluding hydrogens is 512 g/mol. The SMILES string of the molecule is Cc1ccc(C(NC(=O)Cc2ccc3oc(C(c4c(C)noc4C)N4CC(N)C4)cc3c2)c2ccccc2)c(C)c1. The van der Waals surface area contributed by atoms with Gasteiger partial charge in [-0.3, -0.25) is 9.69 Å². The van der Waals surface area contributed by atoms with Crippen LogP contribution in [0.15, 0.2) is 81.7 Å². The fourth-order valence-corrected chi connectivity index (χ4v) is 6.04. The minimum atomic E-state index is -0.229. The highest BCUT2D eigenvalue weighted by Gasteiger charge is 2.37. The first-order valence-corrected chi connectivity index (χ1v) is 14.1. The molecule has 3 N–H and O–H groups in total. The molecule has 7 heteroatoms. The molecule has 3 heterocycles. The summed E-state index contributed by atoms with van der Waals surface area (Å²) in [6.07, 6.45) is 0.263. The fraction of sp³-hybridized carbons (Fsp3) is 0.294. The monoisotopic (exact) mass is 548 g/mol. The lowest BCUT2D eigenvalue weighted by molar-refractivity contribution is -0.120. The smallest absolute Gasteiger partial charge is 0.225 e. The van der Waals surface area contributed by atoms with E-state index in [1.807, 2.05) is 50.2 Å². The van der Waals surface area contributed by atoms with Crippen molar-refractivity contribution in [1.82, 2.24) is 15.4 Å². The number of benzene rings is 3. The van der Waals surface area contributed by atoms with Gasteiger partial charge in [0.1, 0.15) is 17.1 Å². The topological polar surface area (TPSA) is 97.5 Å². The molecule has 1 aliphatic rings. The van der Waals surface area contributed by atoms with Crippen molar-refractivity contribution in [3.8, 4) is 0 Å². The van der Waals surface area contributed by atoms with E-state index in [0.717, 1.165) is 69.1 Å². The minimum absolute atomic E-state index is 0.0370. The van der Waals surface area contributed by atoms with E-state index in [9.17, 15) is 4.79 Å². The Kier molecular flexibility index (Phi) is 7.24. The molecule has 1 amide bonds. The summed E-state index contributed by atoms with van der Waals surface area (Å²) in [4.78, 5) is 15.7. The molecule has 5 aromatic rings. The molecule has 3 aromatic carbocycles. The Morgan fingerprint density at radius 3 is 2.49 bits per heavy atom. The number of carbonyl (C=O) groups is 1. The zero-order valence-corrected chi connectivity index (χ0v) is 24.0. The van der Waals surface area contributed by atoms with Crippen LogP contribution in [0.1, 0.15) is 62.7 Å². The van der Waals surface area contributed by atoms with Gasteiger partial charge in [0.15, 0.2) is 0 Å². The quantitative estimate of drug-likeness (QED) is 0.253. The fourth-order valence-electron chi connectivity index (χ4n) is 6.04. The van der Waals surface area contributed by atoms with E-state index in [0.29, 0.717) is 0 Å². The van der Waals surface area contributed by atoms with Gasteiger partial charge in [-0.2, -0.15) is 0 Å². The van der Waals surface area contributed by atoms with Crippen LogP contribution in [0.4, 0.5) is 0 Å². The predicted molar refractivity (Wildman–Crippen MR) is 160 cm³/mol. The number of fused-ring (bicyclic) bond motifs is 1. The molecule has 0 radical (unpaired) electrons. The van der Waals surface area contributed by atoms with Crippen molar-refractivity contribution in [2.24, 2.45) is 5.73 Å². The Hall–Kier alpha value is -4.20. The lowest BCUT2D eigenvalue weighted by atomic mass is 9.93. The van der Waals surface area contributed by atoms with Crippen molar-refractivity contribution in [1.29, 1.82) is 0 Å². The van der Waals surface area contributed by atoms with Crippen LogP contribution in [0.5, 0.6) is 0 Å². The van der Waals surface area contributed by atoms with Crippen LogP contribution in [0.25, 0.3) is 11.0 Å². The largest absolute Gasteiger partial charge is 0.459 e. The summed E-state index contributed by atoms with van der Waals surface area (Å²) in [6.45, 7) is 9.62. The molecule has 0 aliphatic carbocycles. The lowest BCUT2D eigenvalue weighted by Crippen LogP contribution is -2.56. The van der Waals surface area contributed by atoms with E-state index < -0.39 is 0 Å². The van der Waals surface area contributed by atoms with Crippen molar-refractivity contribution in [2.45, 2.75) is 52.2 Å². The molecule has 1 aliphatic heterocycles. The highest BCUT2D eigenvalue weighted by molar-refractivity contribution is 5.83. The van der Waals surface area contributed by atoms with Crippen LogP contribution < -0.4 is 11.1 Å². The number of hydrogen-bond donors (Lipinski definition) is 2. The van der Waals surface area contributed by atoms with E-state index in [2.05, 4.69) is 65.6 Å². The number of nitrogens with two attached hydrogens (primary N) is 1. The van der Waals surface area contributed by atoms with Crippen molar-refractivity contribution in [3.05, 3.63) is 123 Å². The highest BCUT2D eigenvalue weighted by atomic mass is 16.5. The average Bonchev–Trinajstić information content (AvgIpc) is 3.50. The minimum Gasteiger partial charge on any atom is -0.459 e. The van der Waals surface area contributed by atoms with Crippen LogP contribution in [-0.4, -0.2) is 35.1 Å². The van der Waals surface area contributed by atoms with Gasteiger partial charge in [0.25, 0.3) is 0 Å². The second-order valence-corrected chi connectivity index (χ2v) is 11.3. The molecule has 7 nitrogen and oxygen atoms in total. The molecule has 2 aromatic heterocycles. The molecule has 0 bridgehead atoms. The lowest BCUT2D eigenvalue weighted by Gasteiger charge is -2.41. The summed E-state index contributed by atoms with van der Waals surface area (Å²) in [7, 11) is 0. The third-order valence-electron chi connectivity index (χ3n) is 8.07. The van der Waals surface area contributed by atoms with Gasteiger partial charge in [-0.1, -0.05) is 65.3 Å². The second kappa shape index (κ2) is 11.0. The number of rotatable bonds is 8. The summed E-state index contributed by atoms with van der Waals surface area (Å²) in [6, 6.07) is 24.3. The van der Waals surface area contributed by atoms with Crippen LogP contribution >= 0.6 is 0 Å². The summed E-state index contributed by atoms with van der Waals surface area (Å²) >= 11 is 0. The standard InChI is InChI=1S/C34H36N4O3/c1-20-10-12-28(21(2)14-20)33(25-8-6-5-7-9-25)36-31(39)16-24-11-13-29-26(15-24)17-30(40-29)34(38-18-27(35)19-38)32-22(3)37-41-23(32)4/h5-15,17,27,33-34H,16,18-19,35H2,1-4H3,(H,36,39). The van der Waals surface area contributed by atoms with Crippen molar-refractivity contribution < 1.29 is 13.7 Å². The highest BCUT2D eigenvalue weighted by Crippen LogP contribution is 2.38. The molecule has 2 atom stereocenters. The molecule has 1 fully saturated rings. The number of aromatic nitrogens is 1. The number of furan rings is 1. The van der Waals surface area contributed by atoms with Crippen molar-refractivity contribution in [2.75, 3.05) is 13.1 Å². The number of amides is 1. The normalized spacial score (nSPS) is 15.5. The van der Waals surface area contributed by atoms with E-state index in [-0.39, 0.29) is 30.5 Å². The maximum absolute atomic E-state index is 13.4. The van der Waals surface area contributed by atoms with Crippen molar-refractivity contribution >= 4 is 16.9 Å².